The number of nitrogens with two attached hydrogens (primary N) is 1. The summed E-state index contributed by atoms with van der Waals surface area (Å²) in [7, 11) is 0. The minimum absolute atomic E-state index is 0.139. The molecule has 1 aromatic heterocycles. The molecule has 0 radical (unpaired) electrons. The van der Waals surface area contributed by atoms with Gasteiger partial charge in [0.15, 0.2) is 5.82 Å². The highest BCUT2D eigenvalue weighted by Gasteiger charge is 2.50. The number of nitrogens with zero attached hydrogens (tertiary/aromatic N) is 1. The van der Waals surface area contributed by atoms with Gasteiger partial charge in [0, 0.05) is 0 Å². The van der Waals surface area contributed by atoms with Gasteiger partial charge >= 0.3 is 6.18 Å². The van der Waals surface area contributed by atoms with E-state index in [-0.39, 0.29) is 11.4 Å². The molecule has 0 amide bonds. The molecule has 6 heteroatoms. The highest BCUT2D eigenvalue weighted by molar-refractivity contribution is 5.42. The third-order valence-electron chi connectivity index (χ3n) is 1.98. The third-order valence-corrected chi connectivity index (χ3v) is 1.98. The Balaban J connectivity index is 3.15. The van der Waals surface area contributed by atoms with Gasteiger partial charge in [0.05, 0.1) is 11.0 Å². The fourth-order valence-electron chi connectivity index (χ4n) is 0.866. The molecule has 0 aromatic carbocycles. The van der Waals surface area contributed by atoms with Gasteiger partial charge in [-0.1, -0.05) is 5.16 Å². The molecule has 74 valence electrons. The van der Waals surface area contributed by atoms with E-state index in [4.69, 9.17) is 5.73 Å². The van der Waals surface area contributed by atoms with Gasteiger partial charge < -0.3 is 10.3 Å². The van der Waals surface area contributed by atoms with Crippen molar-refractivity contribution in [3.8, 4) is 0 Å². The van der Waals surface area contributed by atoms with Crippen molar-refractivity contribution in [2.45, 2.75) is 25.4 Å². The van der Waals surface area contributed by atoms with E-state index in [1.165, 1.54) is 0 Å². The molecule has 0 unspecified atom stereocenters. The lowest BCUT2D eigenvalue weighted by atomic mass is 9.85. The van der Waals surface area contributed by atoms with Crippen LogP contribution < -0.4 is 5.73 Å². The molecule has 0 aliphatic rings. The summed E-state index contributed by atoms with van der Waals surface area (Å²) in [5.41, 5.74) is 3.05. The molecule has 0 aliphatic heterocycles. The summed E-state index contributed by atoms with van der Waals surface area (Å²) in [6, 6.07) is 0. The first-order valence-corrected chi connectivity index (χ1v) is 3.54. The molecule has 0 atom stereocenters. The van der Waals surface area contributed by atoms with Crippen molar-refractivity contribution in [3.05, 3.63) is 11.8 Å². The van der Waals surface area contributed by atoms with E-state index in [0.29, 0.717) is 0 Å². The topological polar surface area (TPSA) is 52.0 Å². The van der Waals surface area contributed by atoms with Crippen LogP contribution in [0.15, 0.2) is 10.8 Å². The molecule has 0 bridgehead atoms. The van der Waals surface area contributed by atoms with Crippen LogP contribution in [-0.4, -0.2) is 11.3 Å². The number of halogens is 3. The zero-order valence-electron chi connectivity index (χ0n) is 7.14. The maximum absolute atomic E-state index is 12.5. The molecule has 2 N–H and O–H groups in total. The fourth-order valence-corrected chi connectivity index (χ4v) is 0.866. The number of hydrogen-bond acceptors (Lipinski definition) is 3. The summed E-state index contributed by atoms with van der Waals surface area (Å²) in [6.07, 6.45) is -3.45. The summed E-state index contributed by atoms with van der Waals surface area (Å²) in [4.78, 5) is 0. The Morgan fingerprint density at radius 2 is 1.92 bits per heavy atom. The van der Waals surface area contributed by atoms with E-state index in [2.05, 4.69) is 9.68 Å². The zero-order chi connectivity index (χ0) is 10.3. The predicted molar refractivity (Wildman–Crippen MR) is 40.0 cm³/mol. The molecule has 1 rings (SSSR count). The minimum atomic E-state index is -4.37. The number of alkyl halides is 3. The van der Waals surface area contributed by atoms with Crippen LogP contribution in [0.25, 0.3) is 0 Å². The van der Waals surface area contributed by atoms with Crippen molar-refractivity contribution in [3.63, 3.8) is 0 Å². The number of nitrogen functional groups attached to an aromatic ring is 1. The molecule has 0 aliphatic carbocycles. The zero-order valence-corrected chi connectivity index (χ0v) is 7.14. The van der Waals surface area contributed by atoms with E-state index in [1.807, 2.05) is 0 Å². The SMILES string of the molecule is CC(C)(c1conc1N)C(F)(F)F. The molecule has 0 saturated carbocycles. The summed E-state index contributed by atoms with van der Waals surface area (Å²) in [5, 5.41) is 3.20. The molecule has 0 fully saturated rings. The van der Waals surface area contributed by atoms with Crippen LogP contribution in [0.2, 0.25) is 0 Å². The summed E-state index contributed by atoms with van der Waals surface area (Å²) >= 11 is 0. The quantitative estimate of drug-likeness (QED) is 0.744. The van der Waals surface area contributed by atoms with Gasteiger partial charge in [-0.05, 0) is 13.8 Å². The highest BCUT2D eigenvalue weighted by Crippen LogP contribution is 2.42. The number of anilines is 1. The fraction of sp³-hybridized carbons (Fsp3) is 0.571. The third kappa shape index (κ3) is 1.48. The Morgan fingerprint density at radius 3 is 2.23 bits per heavy atom. The molecule has 1 heterocycles. The number of aromatic nitrogens is 1. The van der Waals surface area contributed by atoms with Crippen molar-refractivity contribution in [1.29, 1.82) is 0 Å². The number of hydrogen-bond donors (Lipinski definition) is 1. The van der Waals surface area contributed by atoms with Crippen LogP contribution in [0.3, 0.4) is 0 Å². The van der Waals surface area contributed by atoms with Crippen LogP contribution in [0.4, 0.5) is 19.0 Å². The molecule has 3 nitrogen and oxygen atoms in total. The lowest BCUT2D eigenvalue weighted by Crippen LogP contribution is -2.36. The smallest absolute Gasteiger partial charge is 0.381 e. The van der Waals surface area contributed by atoms with Gasteiger partial charge in [-0.2, -0.15) is 13.2 Å². The van der Waals surface area contributed by atoms with Crippen LogP contribution in [-0.2, 0) is 5.41 Å². The Kier molecular flexibility index (Phi) is 2.01. The van der Waals surface area contributed by atoms with E-state index < -0.39 is 11.6 Å². The van der Waals surface area contributed by atoms with Crippen LogP contribution in [0.5, 0.6) is 0 Å². The largest absolute Gasteiger partial charge is 0.398 e. The first kappa shape index (κ1) is 9.88. The highest BCUT2D eigenvalue weighted by atomic mass is 19.4. The summed E-state index contributed by atoms with van der Waals surface area (Å²) < 4.78 is 41.7. The first-order valence-electron chi connectivity index (χ1n) is 3.54. The molecule has 13 heavy (non-hydrogen) atoms. The first-order chi connectivity index (χ1) is 5.77. The average Bonchev–Trinajstić information content (AvgIpc) is 2.32. The van der Waals surface area contributed by atoms with Gasteiger partial charge in [-0.15, -0.1) is 0 Å². The summed E-state index contributed by atoms with van der Waals surface area (Å²) in [6.45, 7) is 2.05. The second-order valence-corrected chi connectivity index (χ2v) is 3.24. The van der Waals surface area contributed by atoms with E-state index >= 15 is 0 Å². The summed E-state index contributed by atoms with van der Waals surface area (Å²) in [5.74, 6) is -0.220. The minimum Gasteiger partial charge on any atom is -0.381 e. The van der Waals surface area contributed by atoms with Gasteiger partial charge in [0.25, 0.3) is 0 Å². The molecule has 0 saturated heterocycles. The lowest BCUT2D eigenvalue weighted by Gasteiger charge is -2.26. The van der Waals surface area contributed by atoms with Gasteiger partial charge in [-0.3, -0.25) is 0 Å². The van der Waals surface area contributed by atoms with Crippen molar-refractivity contribution < 1.29 is 17.7 Å². The van der Waals surface area contributed by atoms with E-state index in [9.17, 15) is 13.2 Å². The van der Waals surface area contributed by atoms with Gasteiger partial charge in [0.2, 0.25) is 0 Å². The molecule has 0 spiro atoms. The van der Waals surface area contributed by atoms with E-state index in [0.717, 1.165) is 20.1 Å². The van der Waals surface area contributed by atoms with Gasteiger partial charge in [-0.25, -0.2) is 0 Å². The van der Waals surface area contributed by atoms with Gasteiger partial charge in [0.1, 0.15) is 6.26 Å². The lowest BCUT2D eigenvalue weighted by molar-refractivity contribution is -0.180. The van der Waals surface area contributed by atoms with Crippen LogP contribution >= 0.6 is 0 Å². The van der Waals surface area contributed by atoms with Crippen molar-refractivity contribution in [1.82, 2.24) is 5.16 Å². The van der Waals surface area contributed by atoms with Crippen LogP contribution in [0.1, 0.15) is 19.4 Å². The predicted octanol–water partition coefficient (Wildman–Crippen LogP) is 2.10. The second-order valence-electron chi connectivity index (χ2n) is 3.24. The van der Waals surface area contributed by atoms with Crippen LogP contribution in [0, 0.1) is 0 Å². The standard InChI is InChI=1S/C7H9F3N2O/c1-6(2,7(8,9)10)4-3-13-12-5(4)11/h3H,1-2H3,(H2,11,12). The normalized spacial score (nSPS) is 13.3. The van der Waals surface area contributed by atoms with Crippen molar-refractivity contribution >= 4 is 5.82 Å². The Hall–Kier alpha value is -1.20. The monoisotopic (exact) mass is 194 g/mol. The Labute approximate surface area is 72.7 Å². The molecular formula is C7H9F3N2O. The number of rotatable bonds is 1. The average molecular weight is 194 g/mol. The molecular weight excluding hydrogens is 185 g/mol. The van der Waals surface area contributed by atoms with E-state index in [1.54, 1.807) is 0 Å². The maximum atomic E-state index is 12.5. The Morgan fingerprint density at radius 1 is 1.38 bits per heavy atom. The Bertz CT molecular complexity index is 303. The van der Waals surface area contributed by atoms with Crippen molar-refractivity contribution in [2.75, 3.05) is 5.73 Å². The van der Waals surface area contributed by atoms with Crippen molar-refractivity contribution in [2.24, 2.45) is 0 Å². The molecule has 1 aromatic rings. The maximum Gasteiger partial charge on any atom is 0.398 e. The second kappa shape index (κ2) is 2.65.